The van der Waals surface area contributed by atoms with E-state index in [4.69, 9.17) is 0 Å². The third kappa shape index (κ3) is 5.77. The minimum atomic E-state index is -0.527. The molecule has 1 rings (SSSR count). The molecular weight excluding hydrogens is 232 g/mol. The molecule has 0 saturated carbocycles. The van der Waals surface area contributed by atoms with E-state index in [1.54, 1.807) is 0 Å². The van der Waals surface area contributed by atoms with Gasteiger partial charge < -0.3 is 20.5 Å². The summed E-state index contributed by atoms with van der Waals surface area (Å²) in [6.07, 6.45) is -0.527. The largest absolute Gasteiger partial charge is 0.387 e. The number of hydrogen-bond donors (Lipinski definition) is 3. The second kappa shape index (κ2) is 8.63. The Morgan fingerprint density at radius 2 is 2.06 bits per heavy atom. The molecular formula is C13H20N2O3. The quantitative estimate of drug-likeness (QED) is 0.573. The monoisotopic (exact) mass is 252 g/mol. The van der Waals surface area contributed by atoms with Gasteiger partial charge in [0.1, 0.15) is 6.61 Å². The predicted molar refractivity (Wildman–Crippen MR) is 69.2 cm³/mol. The van der Waals surface area contributed by atoms with E-state index in [1.807, 2.05) is 30.3 Å². The first-order chi connectivity index (χ1) is 8.74. The average molecular weight is 252 g/mol. The number of methoxy groups -OCH3 is 1. The van der Waals surface area contributed by atoms with Crippen LogP contribution in [0.5, 0.6) is 0 Å². The van der Waals surface area contributed by atoms with Crippen molar-refractivity contribution in [1.29, 1.82) is 0 Å². The summed E-state index contributed by atoms with van der Waals surface area (Å²) in [6.45, 7) is 1.67. The highest BCUT2D eigenvalue weighted by molar-refractivity contribution is 5.77. The Balaban J connectivity index is 2.09. The van der Waals surface area contributed by atoms with Crippen molar-refractivity contribution in [3.05, 3.63) is 35.9 Å². The smallest absolute Gasteiger partial charge is 0.246 e. The fourth-order valence-electron chi connectivity index (χ4n) is 1.50. The summed E-state index contributed by atoms with van der Waals surface area (Å²) in [5.41, 5.74) is 0.883. The topological polar surface area (TPSA) is 70.6 Å². The lowest BCUT2D eigenvalue weighted by atomic mass is 10.1. The maximum Gasteiger partial charge on any atom is 0.246 e. The zero-order valence-corrected chi connectivity index (χ0v) is 10.6. The number of ether oxygens (including phenoxy) is 1. The molecule has 1 amide bonds. The molecule has 1 aromatic carbocycles. The maximum atomic E-state index is 11.0. The Bertz CT molecular complexity index is 343. The molecule has 0 aliphatic rings. The molecule has 1 aromatic rings. The van der Waals surface area contributed by atoms with E-state index in [9.17, 15) is 9.90 Å². The highest BCUT2D eigenvalue weighted by Crippen LogP contribution is 2.09. The van der Waals surface area contributed by atoms with Crippen LogP contribution >= 0.6 is 0 Å². The molecule has 0 saturated heterocycles. The van der Waals surface area contributed by atoms with Gasteiger partial charge in [-0.2, -0.15) is 0 Å². The van der Waals surface area contributed by atoms with Gasteiger partial charge in [-0.25, -0.2) is 0 Å². The maximum absolute atomic E-state index is 11.0. The van der Waals surface area contributed by atoms with Crippen molar-refractivity contribution in [1.82, 2.24) is 10.6 Å². The first-order valence-electron chi connectivity index (χ1n) is 5.93. The molecule has 0 heterocycles. The van der Waals surface area contributed by atoms with Gasteiger partial charge in [-0.1, -0.05) is 30.3 Å². The van der Waals surface area contributed by atoms with Gasteiger partial charge in [0.05, 0.1) is 6.10 Å². The predicted octanol–water partition coefficient (Wildman–Crippen LogP) is 0.0722. The first-order valence-corrected chi connectivity index (χ1v) is 5.93. The Labute approximate surface area is 107 Å². The van der Waals surface area contributed by atoms with Crippen LogP contribution in [0.15, 0.2) is 30.3 Å². The van der Waals surface area contributed by atoms with Crippen LogP contribution in [0.3, 0.4) is 0 Å². The van der Waals surface area contributed by atoms with Crippen LogP contribution < -0.4 is 10.6 Å². The van der Waals surface area contributed by atoms with Crippen molar-refractivity contribution in [2.24, 2.45) is 0 Å². The van der Waals surface area contributed by atoms with Gasteiger partial charge in [0.15, 0.2) is 0 Å². The van der Waals surface area contributed by atoms with E-state index in [0.29, 0.717) is 19.6 Å². The van der Waals surface area contributed by atoms with Crippen LogP contribution in [-0.4, -0.2) is 44.4 Å². The number of aliphatic hydroxyl groups is 1. The summed E-state index contributed by atoms with van der Waals surface area (Å²) in [5.74, 6) is -0.136. The first kappa shape index (κ1) is 14.6. The lowest BCUT2D eigenvalue weighted by Crippen LogP contribution is -2.35. The van der Waals surface area contributed by atoms with Gasteiger partial charge in [-0.05, 0) is 5.56 Å². The van der Waals surface area contributed by atoms with E-state index in [2.05, 4.69) is 15.4 Å². The fourth-order valence-corrected chi connectivity index (χ4v) is 1.50. The molecule has 3 N–H and O–H groups in total. The van der Waals surface area contributed by atoms with Crippen molar-refractivity contribution in [3.63, 3.8) is 0 Å². The second-order valence-corrected chi connectivity index (χ2v) is 3.91. The van der Waals surface area contributed by atoms with Crippen LogP contribution in [0.4, 0.5) is 0 Å². The molecule has 18 heavy (non-hydrogen) atoms. The average Bonchev–Trinajstić information content (AvgIpc) is 2.39. The van der Waals surface area contributed by atoms with Crippen molar-refractivity contribution in [3.8, 4) is 0 Å². The summed E-state index contributed by atoms with van der Waals surface area (Å²) in [6, 6.07) is 9.46. The van der Waals surface area contributed by atoms with E-state index < -0.39 is 6.10 Å². The molecule has 0 bridgehead atoms. The molecule has 0 aromatic heterocycles. The lowest BCUT2D eigenvalue weighted by molar-refractivity contribution is -0.124. The van der Waals surface area contributed by atoms with Crippen LogP contribution in [-0.2, 0) is 9.53 Å². The molecule has 0 aliphatic carbocycles. The summed E-state index contributed by atoms with van der Waals surface area (Å²) in [5, 5.41) is 15.6. The standard InChI is InChI=1S/C13H20N2O3/c1-18-10-13(17)15-8-7-14-9-12(16)11-5-3-2-4-6-11/h2-6,12,14,16H,7-10H2,1H3,(H,15,17)/t12-/m1/s1. The Morgan fingerprint density at radius 1 is 1.33 bits per heavy atom. The van der Waals surface area contributed by atoms with Gasteiger partial charge in [0, 0.05) is 26.7 Å². The van der Waals surface area contributed by atoms with Crippen LogP contribution in [0.1, 0.15) is 11.7 Å². The molecule has 5 nitrogen and oxygen atoms in total. The van der Waals surface area contributed by atoms with Crippen LogP contribution in [0.25, 0.3) is 0 Å². The summed E-state index contributed by atoms with van der Waals surface area (Å²) in [7, 11) is 1.48. The molecule has 1 atom stereocenters. The fraction of sp³-hybridized carbons (Fsp3) is 0.462. The Hall–Kier alpha value is -1.43. The van der Waals surface area contributed by atoms with Gasteiger partial charge in [-0.15, -0.1) is 0 Å². The van der Waals surface area contributed by atoms with Crippen molar-refractivity contribution in [2.75, 3.05) is 33.4 Å². The molecule has 100 valence electrons. The summed E-state index contributed by atoms with van der Waals surface area (Å²) in [4.78, 5) is 11.0. The van der Waals surface area contributed by atoms with Crippen LogP contribution in [0, 0.1) is 0 Å². The minimum Gasteiger partial charge on any atom is -0.387 e. The minimum absolute atomic E-state index is 0.0760. The highest BCUT2D eigenvalue weighted by atomic mass is 16.5. The third-order valence-electron chi connectivity index (χ3n) is 2.42. The van der Waals surface area contributed by atoms with Gasteiger partial charge in [-0.3, -0.25) is 4.79 Å². The molecule has 0 fully saturated rings. The van der Waals surface area contributed by atoms with Gasteiger partial charge >= 0.3 is 0 Å². The summed E-state index contributed by atoms with van der Waals surface area (Å²) >= 11 is 0. The molecule has 0 radical (unpaired) electrons. The zero-order chi connectivity index (χ0) is 13.2. The van der Waals surface area contributed by atoms with Crippen LogP contribution in [0.2, 0.25) is 0 Å². The molecule has 0 unspecified atom stereocenters. The molecule has 0 spiro atoms. The number of nitrogens with one attached hydrogen (secondary N) is 2. The van der Waals surface area contributed by atoms with E-state index in [0.717, 1.165) is 5.56 Å². The van der Waals surface area contributed by atoms with Crippen molar-refractivity contribution < 1.29 is 14.6 Å². The van der Waals surface area contributed by atoms with E-state index >= 15 is 0 Å². The normalized spacial score (nSPS) is 12.1. The highest BCUT2D eigenvalue weighted by Gasteiger charge is 2.05. The van der Waals surface area contributed by atoms with Gasteiger partial charge in [0.25, 0.3) is 0 Å². The zero-order valence-electron chi connectivity index (χ0n) is 10.6. The van der Waals surface area contributed by atoms with E-state index in [-0.39, 0.29) is 12.5 Å². The van der Waals surface area contributed by atoms with E-state index in [1.165, 1.54) is 7.11 Å². The lowest BCUT2D eigenvalue weighted by Gasteiger charge is -2.12. The Morgan fingerprint density at radius 3 is 2.72 bits per heavy atom. The second-order valence-electron chi connectivity index (χ2n) is 3.91. The van der Waals surface area contributed by atoms with Crippen molar-refractivity contribution >= 4 is 5.91 Å². The summed E-state index contributed by atoms with van der Waals surface area (Å²) < 4.78 is 4.68. The number of amides is 1. The number of carbonyl (C=O) groups is 1. The SMILES string of the molecule is COCC(=O)NCCNC[C@@H](O)c1ccccc1. The molecule has 0 aliphatic heterocycles. The third-order valence-corrected chi connectivity index (χ3v) is 2.42. The number of carbonyl (C=O) groups excluding carboxylic acids is 1. The van der Waals surface area contributed by atoms with Crippen molar-refractivity contribution in [2.45, 2.75) is 6.10 Å². The number of rotatable bonds is 8. The number of benzene rings is 1. The van der Waals surface area contributed by atoms with Gasteiger partial charge in [0.2, 0.25) is 5.91 Å². The number of aliphatic hydroxyl groups excluding tert-OH is 1. The number of hydrogen-bond acceptors (Lipinski definition) is 4. The Kier molecular flexibility index (Phi) is 7.01. The molecule has 5 heteroatoms.